The first-order valence-electron chi connectivity index (χ1n) is 6.48. The fraction of sp³-hybridized carbons (Fsp3) is 0.600. The van der Waals surface area contributed by atoms with Gasteiger partial charge in [0.2, 0.25) is 0 Å². The van der Waals surface area contributed by atoms with Crippen LogP contribution in [-0.4, -0.2) is 20.0 Å². The van der Waals surface area contributed by atoms with Crippen molar-refractivity contribution in [2.24, 2.45) is 0 Å². The molecule has 0 aromatic heterocycles. The van der Waals surface area contributed by atoms with Crippen LogP contribution in [0.5, 0.6) is 0 Å². The second kappa shape index (κ2) is 5.15. The monoisotopic (exact) mass is 266 g/mol. The minimum Gasteiger partial charge on any atom is -0.414 e. The number of aliphatic hydroxyl groups is 1. The van der Waals surface area contributed by atoms with E-state index in [0.717, 1.165) is 5.56 Å². The topological polar surface area (TPSA) is 29.5 Å². The van der Waals surface area contributed by atoms with Gasteiger partial charge in [0.05, 0.1) is 6.61 Å². The van der Waals surface area contributed by atoms with E-state index >= 15 is 0 Å². The number of rotatable bonds is 4. The predicted octanol–water partition coefficient (Wildman–Crippen LogP) is 3.92. The highest BCUT2D eigenvalue weighted by atomic mass is 28.4. The molecule has 1 aromatic carbocycles. The molecule has 1 aromatic rings. The second-order valence-corrected chi connectivity index (χ2v) is 11.5. The average molecular weight is 266 g/mol. The minimum absolute atomic E-state index is 0.166. The fourth-order valence-electron chi connectivity index (χ4n) is 1.42. The highest BCUT2D eigenvalue weighted by Crippen LogP contribution is 2.37. The Morgan fingerprint density at radius 2 is 1.56 bits per heavy atom. The summed E-state index contributed by atoms with van der Waals surface area (Å²) in [5.41, 5.74) is -0.0136. The fourth-order valence-corrected chi connectivity index (χ4v) is 2.49. The molecule has 1 rings (SSSR count). The molecular weight excluding hydrogens is 240 g/mol. The maximum absolute atomic E-state index is 10.5. The zero-order valence-electron chi connectivity index (χ0n) is 12.4. The molecule has 0 aliphatic rings. The van der Waals surface area contributed by atoms with E-state index in [1.807, 2.05) is 37.3 Å². The second-order valence-electron chi connectivity index (χ2n) is 6.69. The summed E-state index contributed by atoms with van der Waals surface area (Å²) in [6.07, 6.45) is 0. The van der Waals surface area contributed by atoms with Crippen molar-refractivity contribution < 1.29 is 9.53 Å². The van der Waals surface area contributed by atoms with E-state index in [1.165, 1.54) is 0 Å². The molecule has 0 heterocycles. The molecule has 0 saturated carbocycles. The van der Waals surface area contributed by atoms with Gasteiger partial charge in [-0.05, 0) is 30.6 Å². The van der Waals surface area contributed by atoms with Crippen LogP contribution in [0.15, 0.2) is 30.3 Å². The molecule has 0 radical (unpaired) electrons. The molecule has 1 N–H and O–H groups in total. The van der Waals surface area contributed by atoms with Crippen LogP contribution < -0.4 is 0 Å². The number of benzene rings is 1. The lowest BCUT2D eigenvalue weighted by Crippen LogP contribution is -2.44. The maximum Gasteiger partial charge on any atom is 0.192 e. The van der Waals surface area contributed by atoms with Crippen molar-refractivity contribution in [2.75, 3.05) is 6.61 Å². The van der Waals surface area contributed by atoms with Crippen molar-refractivity contribution in [3.63, 3.8) is 0 Å². The molecule has 0 amide bonds. The number of hydrogen-bond donors (Lipinski definition) is 1. The summed E-state index contributed by atoms with van der Waals surface area (Å²) in [6.45, 7) is 13.2. The summed E-state index contributed by atoms with van der Waals surface area (Å²) in [4.78, 5) is 0. The lowest BCUT2D eigenvalue weighted by molar-refractivity contribution is 0.00261. The first kappa shape index (κ1) is 15.4. The molecule has 1 atom stereocenters. The van der Waals surface area contributed by atoms with Gasteiger partial charge in [0.15, 0.2) is 8.32 Å². The van der Waals surface area contributed by atoms with E-state index in [2.05, 4.69) is 33.9 Å². The highest BCUT2D eigenvalue weighted by molar-refractivity contribution is 6.74. The minimum atomic E-state index is -1.81. The maximum atomic E-state index is 10.5. The molecule has 2 nitrogen and oxygen atoms in total. The zero-order chi connectivity index (χ0) is 14.0. The van der Waals surface area contributed by atoms with Crippen LogP contribution in [0.2, 0.25) is 18.1 Å². The highest BCUT2D eigenvalue weighted by Gasteiger charge is 2.39. The van der Waals surface area contributed by atoms with Crippen LogP contribution in [0.3, 0.4) is 0 Å². The van der Waals surface area contributed by atoms with Gasteiger partial charge in [-0.3, -0.25) is 0 Å². The van der Waals surface area contributed by atoms with Crippen LogP contribution in [0, 0.1) is 0 Å². The summed E-state index contributed by atoms with van der Waals surface area (Å²) < 4.78 is 6.10. The van der Waals surface area contributed by atoms with E-state index in [-0.39, 0.29) is 5.04 Å². The van der Waals surface area contributed by atoms with Gasteiger partial charge < -0.3 is 9.53 Å². The van der Waals surface area contributed by atoms with Crippen molar-refractivity contribution in [3.05, 3.63) is 35.9 Å². The molecule has 0 unspecified atom stereocenters. The van der Waals surface area contributed by atoms with E-state index in [0.29, 0.717) is 6.61 Å². The molecule has 18 heavy (non-hydrogen) atoms. The molecule has 102 valence electrons. The molecule has 0 aliphatic carbocycles. The molecule has 0 fully saturated rings. The number of hydrogen-bond acceptors (Lipinski definition) is 2. The third-order valence-electron chi connectivity index (χ3n) is 3.92. The van der Waals surface area contributed by atoms with Gasteiger partial charge in [0, 0.05) is 0 Å². The quantitative estimate of drug-likeness (QED) is 0.837. The largest absolute Gasteiger partial charge is 0.414 e. The van der Waals surface area contributed by atoms with Crippen molar-refractivity contribution in [2.45, 2.75) is 51.4 Å². The Hall–Kier alpha value is -0.643. The van der Waals surface area contributed by atoms with Crippen molar-refractivity contribution in [3.8, 4) is 0 Å². The molecule has 0 saturated heterocycles. The Bertz CT molecular complexity index is 377. The smallest absolute Gasteiger partial charge is 0.192 e. The van der Waals surface area contributed by atoms with Gasteiger partial charge in [-0.15, -0.1) is 0 Å². The Labute approximate surface area is 112 Å². The summed E-state index contributed by atoms with van der Waals surface area (Å²) >= 11 is 0. The first-order valence-corrected chi connectivity index (χ1v) is 9.39. The Morgan fingerprint density at radius 3 is 2.00 bits per heavy atom. The van der Waals surface area contributed by atoms with Crippen molar-refractivity contribution in [1.82, 2.24) is 0 Å². The molecular formula is C15H26O2Si. The Balaban J connectivity index is 2.74. The summed E-state index contributed by atoms with van der Waals surface area (Å²) in [7, 11) is -1.81. The third kappa shape index (κ3) is 3.67. The van der Waals surface area contributed by atoms with Crippen molar-refractivity contribution >= 4 is 8.32 Å². The SMILES string of the molecule is CC(C)(C)[Si](C)(C)OC[C@@](C)(O)c1ccccc1. The summed E-state index contributed by atoms with van der Waals surface area (Å²) in [5, 5.41) is 10.7. The standard InChI is InChI=1S/C15H26O2Si/c1-14(2,3)18(5,6)17-12-15(4,16)13-10-8-7-9-11-13/h7-11,16H,12H2,1-6H3/t15-/m1/s1. The van der Waals surface area contributed by atoms with E-state index in [1.54, 1.807) is 0 Å². The van der Waals surface area contributed by atoms with E-state index < -0.39 is 13.9 Å². The van der Waals surface area contributed by atoms with Gasteiger partial charge in [-0.25, -0.2) is 0 Å². The lowest BCUT2D eigenvalue weighted by atomic mass is 9.97. The van der Waals surface area contributed by atoms with Gasteiger partial charge >= 0.3 is 0 Å². The van der Waals surface area contributed by atoms with Gasteiger partial charge in [-0.1, -0.05) is 51.1 Å². The third-order valence-corrected chi connectivity index (χ3v) is 8.39. The molecule has 0 spiro atoms. The lowest BCUT2D eigenvalue weighted by Gasteiger charge is -2.38. The molecule has 0 bridgehead atoms. The Kier molecular flexibility index (Phi) is 4.41. The van der Waals surface area contributed by atoms with Crippen LogP contribution in [0.4, 0.5) is 0 Å². The van der Waals surface area contributed by atoms with Gasteiger partial charge in [0.25, 0.3) is 0 Å². The van der Waals surface area contributed by atoms with Crippen LogP contribution >= 0.6 is 0 Å². The van der Waals surface area contributed by atoms with Gasteiger partial charge in [-0.2, -0.15) is 0 Å². The molecule has 3 heteroatoms. The summed E-state index contributed by atoms with van der Waals surface area (Å²) in [6, 6.07) is 9.71. The zero-order valence-corrected chi connectivity index (χ0v) is 13.4. The molecule has 0 aliphatic heterocycles. The van der Waals surface area contributed by atoms with E-state index in [4.69, 9.17) is 4.43 Å². The van der Waals surface area contributed by atoms with Crippen LogP contribution in [0.1, 0.15) is 33.3 Å². The van der Waals surface area contributed by atoms with Crippen LogP contribution in [0.25, 0.3) is 0 Å². The average Bonchev–Trinajstić information content (AvgIpc) is 2.26. The van der Waals surface area contributed by atoms with Crippen LogP contribution in [-0.2, 0) is 10.0 Å². The normalized spacial score (nSPS) is 16.4. The van der Waals surface area contributed by atoms with Crippen molar-refractivity contribution in [1.29, 1.82) is 0 Å². The van der Waals surface area contributed by atoms with E-state index in [9.17, 15) is 5.11 Å². The van der Waals surface area contributed by atoms with Gasteiger partial charge in [0.1, 0.15) is 5.60 Å². The first-order chi connectivity index (χ1) is 8.06. The summed E-state index contributed by atoms with van der Waals surface area (Å²) in [5.74, 6) is 0. The predicted molar refractivity (Wildman–Crippen MR) is 79.2 cm³/mol. The Morgan fingerprint density at radius 1 is 1.06 bits per heavy atom.